The van der Waals surface area contributed by atoms with Gasteiger partial charge >= 0.3 is 24.7 Å². The second-order valence-corrected chi connectivity index (χ2v) is 16.9. The molecule has 6 rings (SSSR count). The fraction of sp³-hybridized carbons (Fsp3) is 0.200. The van der Waals surface area contributed by atoms with Gasteiger partial charge in [0.2, 0.25) is 0 Å². The maximum absolute atomic E-state index is 15.9. The predicted molar refractivity (Wildman–Crippen MR) is 210 cm³/mol. The van der Waals surface area contributed by atoms with Crippen molar-refractivity contribution in [1.29, 1.82) is 0 Å². The van der Waals surface area contributed by atoms with Crippen LogP contribution in [0, 0.1) is 96.6 Å². The highest BCUT2D eigenvalue weighted by Crippen LogP contribution is 2.42. The first-order valence-electron chi connectivity index (χ1n) is 20.3. The molecule has 424 valence electrons. The number of rotatable bonds is 12. The summed E-state index contributed by atoms with van der Waals surface area (Å²) in [5.41, 5.74) is -31.0. The molecule has 0 bridgehead atoms. The molecule has 0 aromatic heterocycles. The van der Waals surface area contributed by atoms with E-state index in [1.165, 1.54) is 14.7 Å². The average Bonchev–Trinajstić information content (AvgIpc) is 3.34. The molecule has 0 heterocycles. The van der Waals surface area contributed by atoms with Crippen LogP contribution in [0.25, 0.3) is 11.1 Å². The minimum Gasteiger partial charge on any atom is -0.491 e. The molecule has 0 unspecified atom stereocenters. The Morgan fingerprint density at radius 1 is 0.359 bits per heavy atom. The molecule has 6 aromatic carbocycles. The molecule has 0 atom stereocenters. The van der Waals surface area contributed by atoms with Crippen LogP contribution >= 0.6 is 0 Å². The zero-order valence-corrected chi connectivity index (χ0v) is 39.6. The number of hydrogen-bond acceptors (Lipinski definition) is 3. The highest BCUT2D eigenvalue weighted by Gasteiger charge is 2.56. The zero-order chi connectivity index (χ0) is 59.3. The van der Waals surface area contributed by atoms with Crippen molar-refractivity contribution in [1.82, 2.24) is 0 Å². The van der Waals surface area contributed by atoms with Crippen molar-refractivity contribution in [2.24, 2.45) is 0 Å². The lowest BCUT2D eigenvalue weighted by Crippen LogP contribution is -3.34. The molecular weight excluding hydrogens is 1260 g/mol. The Labute approximate surface area is 429 Å². The van der Waals surface area contributed by atoms with Crippen molar-refractivity contribution >= 4 is 28.0 Å². The maximum Gasteiger partial charge on any atom is 0.422 e. The minimum absolute atomic E-state index is 0.550. The van der Waals surface area contributed by atoms with Crippen LogP contribution in [0.1, 0.15) is 22.3 Å². The van der Waals surface area contributed by atoms with Gasteiger partial charge in [-0.15, -0.1) is 21.9 Å². The number of halogens is 29. The summed E-state index contributed by atoms with van der Waals surface area (Å²) in [6.45, 7) is 2.34. The van der Waals surface area contributed by atoms with Crippen molar-refractivity contribution in [3.63, 3.8) is 0 Å². The quantitative estimate of drug-likeness (QED) is 0.0403. The molecule has 0 aliphatic rings. The molecule has 0 amide bonds. The third-order valence-electron chi connectivity index (χ3n) is 11.0. The summed E-state index contributed by atoms with van der Waals surface area (Å²) in [7, 11) is 1.66. The molecular formula is C45H20BF28IO3. The molecule has 33 heteroatoms. The monoisotopic (exact) mass is 1280 g/mol. The van der Waals surface area contributed by atoms with E-state index in [2.05, 4.69) is 36.4 Å². The number of ether oxygens (including phenoxy) is 3. The van der Waals surface area contributed by atoms with E-state index in [0.29, 0.717) is 26.4 Å². The van der Waals surface area contributed by atoms with Crippen LogP contribution in [-0.4, -0.2) is 39.7 Å². The largest absolute Gasteiger partial charge is 0.491 e. The van der Waals surface area contributed by atoms with Crippen molar-refractivity contribution in [3.8, 4) is 16.9 Å². The van der Waals surface area contributed by atoms with Gasteiger partial charge in [-0.1, -0.05) is 24.3 Å². The second-order valence-electron chi connectivity index (χ2n) is 15.5. The van der Waals surface area contributed by atoms with E-state index < -0.39 is 168 Å². The topological polar surface area (TPSA) is 27.7 Å². The van der Waals surface area contributed by atoms with Crippen LogP contribution in [0.4, 0.5) is 123 Å². The molecule has 0 saturated heterocycles. The molecule has 0 fully saturated rings. The summed E-state index contributed by atoms with van der Waals surface area (Å²) >= 11 is 2.03. The fourth-order valence-corrected chi connectivity index (χ4v) is 8.45. The van der Waals surface area contributed by atoms with E-state index in [-0.39, 0.29) is 0 Å². The van der Waals surface area contributed by atoms with Crippen molar-refractivity contribution in [3.05, 3.63) is 167 Å². The summed E-state index contributed by atoms with van der Waals surface area (Å²) in [5, 5.41) is 0. The second kappa shape index (κ2) is 22.9. The van der Waals surface area contributed by atoms with Crippen LogP contribution in [0.2, 0.25) is 0 Å². The molecule has 0 radical (unpaired) electrons. The van der Waals surface area contributed by atoms with Crippen molar-refractivity contribution < 1.29 is 160 Å². The van der Waals surface area contributed by atoms with Crippen molar-refractivity contribution in [2.75, 3.05) is 33.5 Å². The van der Waals surface area contributed by atoms with E-state index in [1.54, 1.807) is 7.11 Å². The van der Waals surface area contributed by atoms with Crippen LogP contribution in [0.15, 0.2) is 48.5 Å². The molecule has 0 N–H and O–H groups in total. The minimum atomic E-state index is -8.18. The van der Waals surface area contributed by atoms with Gasteiger partial charge in [-0.05, 0) is 35.4 Å². The zero-order valence-electron chi connectivity index (χ0n) is 37.2. The summed E-state index contributed by atoms with van der Waals surface area (Å²) in [6, 6.07) is 16.6. The predicted octanol–water partition coefficient (Wildman–Crippen LogP) is 9.22. The summed E-state index contributed by atoms with van der Waals surface area (Å²) in [5.74, 6) is -69.0. The summed E-state index contributed by atoms with van der Waals surface area (Å²) in [4.78, 5) is 0. The Bertz CT molecular complexity index is 2810. The fourth-order valence-electron chi connectivity index (χ4n) is 7.86. The first-order valence-corrected chi connectivity index (χ1v) is 21.5. The average molecular weight is 1280 g/mol. The van der Waals surface area contributed by atoms with Gasteiger partial charge in [0.15, 0.2) is 50.1 Å². The standard InChI is InChI=1S/C28BF28.C17H20IO3/c30-9-1(25(46,47)48)10(31)18(39)5(17(9)38)29(6-19(40)11(32)2(26(49,50)51)12(33)20(6)41,7-21(42)13(34)3(27(52,53)54)14(35)22(7)43)8-23(44)15(36)4(28(55,56)57)16(37)24(8)45;1-19-9-10-20-11-12-21-17-7-5-14(6-8-17)15-3-2-4-16(18)13-15/h;2-8,13,18H,9-12H2,1H3/q-1;+1. The number of benzene rings is 6. The Hall–Kier alpha value is -6.13. The molecule has 6 aromatic rings. The van der Waals surface area contributed by atoms with Gasteiger partial charge in [-0.3, -0.25) is 0 Å². The maximum atomic E-state index is 15.9. The van der Waals surface area contributed by atoms with Crippen LogP contribution in [0.3, 0.4) is 0 Å². The highest BCUT2D eigenvalue weighted by atomic mass is 127. The number of methoxy groups -OCH3 is 1. The van der Waals surface area contributed by atoms with E-state index >= 15 is 70.2 Å². The van der Waals surface area contributed by atoms with E-state index in [0.717, 1.165) is 5.75 Å². The van der Waals surface area contributed by atoms with Gasteiger partial charge < -0.3 is 14.2 Å². The highest BCUT2D eigenvalue weighted by molar-refractivity contribution is 7.20. The number of alkyl halides is 12. The lowest BCUT2D eigenvalue weighted by atomic mass is 9.12. The smallest absolute Gasteiger partial charge is 0.422 e. The third kappa shape index (κ3) is 11.5. The van der Waals surface area contributed by atoms with Gasteiger partial charge in [0.1, 0.15) is 87.3 Å². The van der Waals surface area contributed by atoms with Gasteiger partial charge in [-0.25, -0.2) is 70.2 Å². The molecule has 0 spiro atoms. The van der Waals surface area contributed by atoms with E-state index in [1.807, 2.05) is 34.7 Å². The lowest BCUT2D eigenvalue weighted by Gasteiger charge is -2.45. The molecule has 0 aliphatic carbocycles. The lowest BCUT2D eigenvalue weighted by molar-refractivity contribution is -0.328. The Morgan fingerprint density at radius 3 is 0.897 bits per heavy atom. The summed E-state index contributed by atoms with van der Waals surface area (Å²) in [6.07, 6.45) is -35.7. The van der Waals surface area contributed by atoms with Gasteiger partial charge in [0.25, 0.3) is 22.6 Å². The normalized spacial score (nSPS) is 12.5. The van der Waals surface area contributed by atoms with Crippen LogP contribution in [-0.2, 0) is 34.2 Å². The van der Waals surface area contributed by atoms with Gasteiger partial charge in [-0.2, -0.15) is 52.7 Å². The van der Waals surface area contributed by atoms with Crippen LogP contribution < -0.4 is 49.2 Å². The molecule has 3 nitrogen and oxygen atoms in total. The molecule has 0 aliphatic heterocycles. The van der Waals surface area contributed by atoms with Crippen molar-refractivity contribution in [2.45, 2.75) is 24.7 Å². The first kappa shape index (κ1) is 62.7. The Balaban J connectivity index is 0.000000443. The molecule has 78 heavy (non-hydrogen) atoms. The SMILES string of the molecule is COCCOCCOc1ccc(-c2cccc([IH+])c2)cc1.Fc1c(F)c(C(F)(F)F)c(F)c(F)c1[B-](c1c(F)c(F)c(C(F)(F)F)c(F)c1F)(c1c(F)c(F)c(C(F)(F)F)c(F)c1F)c1c(F)c(F)c(C(F)(F)F)c(F)c1F. The van der Waals surface area contributed by atoms with E-state index in [9.17, 15) is 52.7 Å². The number of hydrogen-bond donors (Lipinski definition) is 0. The Morgan fingerprint density at radius 2 is 0.641 bits per heavy atom. The van der Waals surface area contributed by atoms with Crippen LogP contribution in [0.5, 0.6) is 5.75 Å². The van der Waals surface area contributed by atoms with E-state index in [4.69, 9.17) is 14.2 Å². The molecule has 0 saturated carbocycles. The first-order chi connectivity index (χ1) is 35.8. The Kier molecular flexibility index (Phi) is 18.4. The van der Waals surface area contributed by atoms with Gasteiger partial charge in [0, 0.05) is 7.11 Å². The third-order valence-corrected chi connectivity index (χ3v) is 11.7. The van der Waals surface area contributed by atoms with Gasteiger partial charge in [0.05, 0.1) is 19.8 Å². The summed E-state index contributed by atoms with van der Waals surface area (Å²) < 4.78 is 426.